The summed E-state index contributed by atoms with van der Waals surface area (Å²) >= 11 is 1.01. The van der Waals surface area contributed by atoms with Crippen LogP contribution in [0.3, 0.4) is 0 Å². The smallest absolute Gasteiger partial charge is 0.249 e. The van der Waals surface area contributed by atoms with Crippen LogP contribution >= 0.6 is 11.3 Å². The zero-order chi connectivity index (χ0) is 14.8. The van der Waals surface area contributed by atoms with Crippen molar-refractivity contribution >= 4 is 26.5 Å². The van der Waals surface area contributed by atoms with Crippen molar-refractivity contribution in [3.8, 4) is 0 Å². The average molecular weight is 316 g/mol. The van der Waals surface area contributed by atoms with E-state index in [1.54, 1.807) is 6.26 Å². The Balaban J connectivity index is 2.05. The fourth-order valence-electron chi connectivity index (χ4n) is 1.68. The lowest BCUT2D eigenvalue weighted by atomic mass is 10.2. The minimum absolute atomic E-state index is 0.0202. The molecular weight excluding hydrogens is 300 g/mol. The average Bonchev–Trinajstić information content (AvgIpc) is 2.97. The third-order valence-electron chi connectivity index (χ3n) is 2.71. The first-order chi connectivity index (χ1) is 9.38. The van der Waals surface area contributed by atoms with Gasteiger partial charge in [0.2, 0.25) is 10.0 Å². The monoisotopic (exact) mass is 316 g/mol. The summed E-state index contributed by atoms with van der Waals surface area (Å²) in [5.41, 5.74) is 0. The van der Waals surface area contributed by atoms with Gasteiger partial charge in [-0.2, -0.15) is 0 Å². The van der Waals surface area contributed by atoms with Gasteiger partial charge in [0.15, 0.2) is 9.34 Å². The summed E-state index contributed by atoms with van der Waals surface area (Å²) < 4.78 is 27.8. The Morgan fingerprint density at radius 1 is 1.55 bits per heavy atom. The molecule has 2 aromatic rings. The van der Waals surface area contributed by atoms with Crippen LogP contribution in [-0.2, 0) is 10.0 Å². The molecule has 0 spiro atoms. The van der Waals surface area contributed by atoms with Crippen LogP contribution in [-0.4, -0.2) is 38.9 Å². The lowest BCUT2D eigenvalue weighted by Crippen LogP contribution is -2.26. The van der Waals surface area contributed by atoms with E-state index < -0.39 is 10.0 Å². The van der Waals surface area contributed by atoms with Crippen LogP contribution in [0.15, 0.2) is 33.2 Å². The summed E-state index contributed by atoms with van der Waals surface area (Å²) in [5.74, 6) is 0.825. The van der Waals surface area contributed by atoms with Crippen LogP contribution in [0, 0.1) is 0 Å². The molecule has 0 radical (unpaired) electrons. The van der Waals surface area contributed by atoms with Crippen molar-refractivity contribution in [1.29, 1.82) is 0 Å². The molecule has 0 bridgehead atoms. The molecule has 0 saturated carbocycles. The second kappa shape index (κ2) is 5.92. The van der Waals surface area contributed by atoms with Crippen LogP contribution in [0.5, 0.6) is 0 Å². The van der Waals surface area contributed by atoms with Gasteiger partial charge in [0.25, 0.3) is 0 Å². The summed E-state index contributed by atoms with van der Waals surface area (Å²) in [7, 11) is 0.181. The highest BCUT2D eigenvalue weighted by Gasteiger charge is 2.18. The maximum absolute atomic E-state index is 11.2. The van der Waals surface area contributed by atoms with E-state index in [2.05, 4.69) is 10.3 Å². The van der Waals surface area contributed by atoms with Crippen LogP contribution in [0.2, 0.25) is 0 Å². The number of nitrogens with zero attached hydrogens (tertiary/aromatic N) is 2. The molecule has 20 heavy (non-hydrogen) atoms. The molecule has 0 saturated heterocycles. The largest absolute Gasteiger partial charge is 0.468 e. The second-order valence-electron chi connectivity index (χ2n) is 4.41. The first-order valence-corrected chi connectivity index (χ1v) is 8.16. The first kappa shape index (κ1) is 15.0. The van der Waals surface area contributed by atoms with E-state index in [4.69, 9.17) is 9.56 Å². The van der Waals surface area contributed by atoms with E-state index in [1.165, 1.54) is 6.20 Å². The topological polar surface area (TPSA) is 101 Å². The molecule has 0 fully saturated rings. The molecule has 0 aliphatic rings. The second-order valence-corrected chi connectivity index (χ2v) is 7.22. The van der Waals surface area contributed by atoms with Crippen LogP contribution < -0.4 is 10.5 Å². The molecule has 2 aromatic heterocycles. The molecule has 0 unspecified atom stereocenters. The number of rotatable bonds is 6. The van der Waals surface area contributed by atoms with Gasteiger partial charge in [-0.25, -0.2) is 18.5 Å². The molecule has 0 amide bonds. The standard InChI is InChI=1S/C11H16N4O3S2/c1-15(2)8(9-4-3-5-18-9)6-13-11-14-7-10(19-11)20(12,16)17/h3-5,7-8H,6H2,1-2H3,(H,13,14)(H2,12,16,17)/t8-/m1/s1. The molecule has 7 nitrogen and oxygen atoms in total. The highest BCUT2D eigenvalue weighted by molar-refractivity contribution is 7.91. The number of furan rings is 1. The zero-order valence-corrected chi connectivity index (χ0v) is 12.7. The Bertz CT molecular complexity index is 649. The van der Waals surface area contributed by atoms with Crippen molar-refractivity contribution in [3.63, 3.8) is 0 Å². The molecule has 2 rings (SSSR count). The number of likely N-dealkylation sites (N-methyl/N-ethyl adjacent to an activating group) is 1. The number of primary sulfonamides is 1. The van der Waals surface area contributed by atoms with E-state index in [0.29, 0.717) is 11.7 Å². The Hall–Kier alpha value is -1.42. The van der Waals surface area contributed by atoms with Gasteiger partial charge in [0, 0.05) is 6.54 Å². The van der Waals surface area contributed by atoms with Gasteiger partial charge >= 0.3 is 0 Å². The van der Waals surface area contributed by atoms with Crippen molar-refractivity contribution in [2.75, 3.05) is 26.0 Å². The molecule has 0 aromatic carbocycles. The quantitative estimate of drug-likeness (QED) is 0.827. The van der Waals surface area contributed by atoms with E-state index in [0.717, 1.165) is 17.1 Å². The van der Waals surface area contributed by atoms with Gasteiger partial charge in [0.05, 0.1) is 18.5 Å². The van der Waals surface area contributed by atoms with Gasteiger partial charge < -0.3 is 9.73 Å². The molecule has 110 valence electrons. The number of aromatic nitrogens is 1. The molecular formula is C11H16N4O3S2. The van der Waals surface area contributed by atoms with Crippen molar-refractivity contribution in [2.45, 2.75) is 10.3 Å². The number of thiazole rings is 1. The van der Waals surface area contributed by atoms with Gasteiger partial charge in [-0.05, 0) is 26.2 Å². The first-order valence-electron chi connectivity index (χ1n) is 5.80. The summed E-state index contributed by atoms with van der Waals surface area (Å²) in [5, 5.41) is 8.64. The fraction of sp³-hybridized carbons (Fsp3) is 0.364. The summed E-state index contributed by atoms with van der Waals surface area (Å²) in [4.78, 5) is 5.99. The molecule has 0 aliphatic carbocycles. The van der Waals surface area contributed by atoms with Crippen molar-refractivity contribution < 1.29 is 12.8 Å². The van der Waals surface area contributed by atoms with Crippen molar-refractivity contribution in [3.05, 3.63) is 30.4 Å². The molecule has 9 heteroatoms. The number of hydrogen-bond donors (Lipinski definition) is 2. The highest BCUT2D eigenvalue weighted by Crippen LogP contribution is 2.24. The van der Waals surface area contributed by atoms with Gasteiger partial charge in [-0.3, -0.25) is 4.90 Å². The predicted octanol–water partition coefficient (Wildman–Crippen LogP) is 1.10. The molecule has 2 heterocycles. The molecule has 1 atom stereocenters. The van der Waals surface area contributed by atoms with Gasteiger partial charge in [0.1, 0.15) is 5.76 Å². The summed E-state index contributed by atoms with van der Waals surface area (Å²) in [6.45, 7) is 0.540. The Labute approximate surface area is 121 Å². The van der Waals surface area contributed by atoms with Crippen LogP contribution in [0.25, 0.3) is 0 Å². The number of nitrogens with two attached hydrogens (primary N) is 1. The molecule has 3 N–H and O–H groups in total. The SMILES string of the molecule is CN(C)[C@H](CNc1ncc(S(N)(=O)=O)s1)c1ccco1. The number of sulfonamides is 1. The molecule has 0 aliphatic heterocycles. The zero-order valence-electron chi connectivity index (χ0n) is 11.1. The lowest BCUT2D eigenvalue weighted by Gasteiger charge is -2.22. The minimum atomic E-state index is -3.69. The van der Waals surface area contributed by atoms with Crippen LogP contribution in [0.4, 0.5) is 5.13 Å². The lowest BCUT2D eigenvalue weighted by molar-refractivity contribution is 0.269. The minimum Gasteiger partial charge on any atom is -0.468 e. The summed E-state index contributed by atoms with van der Waals surface area (Å²) in [6.07, 6.45) is 2.87. The van der Waals surface area contributed by atoms with Crippen molar-refractivity contribution in [2.24, 2.45) is 5.14 Å². The maximum atomic E-state index is 11.2. The van der Waals surface area contributed by atoms with Crippen LogP contribution in [0.1, 0.15) is 11.8 Å². The van der Waals surface area contributed by atoms with E-state index in [1.807, 2.05) is 31.1 Å². The normalized spacial score (nSPS) is 13.6. The van der Waals surface area contributed by atoms with Crippen molar-refractivity contribution in [1.82, 2.24) is 9.88 Å². The van der Waals surface area contributed by atoms with E-state index >= 15 is 0 Å². The number of hydrogen-bond acceptors (Lipinski definition) is 7. The van der Waals surface area contributed by atoms with Gasteiger partial charge in [-0.1, -0.05) is 11.3 Å². The Morgan fingerprint density at radius 3 is 2.80 bits per heavy atom. The number of nitrogens with one attached hydrogen (secondary N) is 1. The fourth-order valence-corrected chi connectivity index (χ4v) is 3.13. The highest BCUT2D eigenvalue weighted by atomic mass is 32.2. The van der Waals surface area contributed by atoms with E-state index in [9.17, 15) is 8.42 Å². The third-order valence-corrected chi connectivity index (χ3v) is 5.07. The Kier molecular flexibility index (Phi) is 4.43. The summed E-state index contributed by atoms with van der Waals surface area (Å²) in [6, 6.07) is 3.74. The van der Waals surface area contributed by atoms with Gasteiger partial charge in [-0.15, -0.1) is 0 Å². The van der Waals surface area contributed by atoms with E-state index in [-0.39, 0.29) is 10.3 Å². The number of anilines is 1. The third kappa shape index (κ3) is 3.57. The maximum Gasteiger partial charge on any atom is 0.249 e. The predicted molar refractivity (Wildman–Crippen MR) is 77.1 cm³/mol. The Morgan fingerprint density at radius 2 is 2.30 bits per heavy atom.